The molecule has 0 amide bonds. The molecule has 5 nitrogen and oxygen atoms in total. The largest absolute Gasteiger partial charge is 0.494 e. The number of rotatable bonds is 5. The molecular formula is C12H16N4O. The highest BCUT2D eigenvalue weighted by Gasteiger charge is 2.00. The van der Waals surface area contributed by atoms with Gasteiger partial charge in [0.15, 0.2) is 0 Å². The molecule has 0 saturated carbocycles. The third kappa shape index (κ3) is 3.14. The number of hydrogen-bond acceptors (Lipinski definition) is 4. The summed E-state index contributed by atoms with van der Waals surface area (Å²) in [6.07, 6.45) is 3.44. The number of aromatic nitrogens is 2. The minimum atomic E-state index is 0.628. The molecule has 1 aromatic heterocycles. The monoisotopic (exact) mass is 232 g/mol. The van der Waals surface area contributed by atoms with E-state index in [-0.39, 0.29) is 0 Å². The average Bonchev–Trinajstić information content (AvgIpc) is 2.79. The molecule has 90 valence electrons. The van der Waals surface area contributed by atoms with Crippen molar-refractivity contribution in [3.8, 4) is 5.75 Å². The fourth-order valence-corrected chi connectivity index (χ4v) is 1.55. The lowest BCUT2D eigenvalue weighted by atomic mass is 10.2. The smallest absolute Gasteiger partial charge is 0.123 e. The molecule has 1 heterocycles. The lowest BCUT2D eigenvalue weighted by Gasteiger charge is -2.09. The van der Waals surface area contributed by atoms with Gasteiger partial charge in [-0.25, -0.2) is 4.98 Å². The van der Waals surface area contributed by atoms with Gasteiger partial charge in [-0.05, 0) is 13.0 Å². The van der Waals surface area contributed by atoms with Gasteiger partial charge in [-0.15, -0.1) is 0 Å². The van der Waals surface area contributed by atoms with Crippen molar-refractivity contribution in [3.05, 3.63) is 36.4 Å². The summed E-state index contributed by atoms with van der Waals surface area (Å²) in [5, 5.41) is 3.26. The first-order valence-corrected chi connectivity index (χ1v) is 5.52. The molecule has 0 aliphatic heterocycles. The fourth-order valence-electron chi connectivity index (χ4n) is 1.55. The molecule has 0 radical (unpaired) electrons. The number of aromatic amines is 1. The van der Waals surface area contributed by atoms with E-state index in [9.17, 15) is 0 Å². The summed E-state index contributed by atoms with van der Waals surface area (Å²) in [5.41, 5.74) is 8.43. The van der Waals surface area contributed by atoms with E-state index in [0.29, 0.717) is 18.8 Å². The Morgan fingerprint density at radius 3 is 3.00 bits per heavy atom. The SMILES string of the molecule is CCOc1cc(N)cc(NCc2cnc[nH]2)c1. The standard InChI is InChI=1S/C12H16N4O/c1-2-17-12-4-9(13)3-10(5-12)15-7-11-6-14-8-16-11/h3-6,8,15H,2,7,13H2,1H3,(H,14,16). The number of nitrogens with two attached hydrogens (primary N) is 1. The molecule has 2 rings (SSSR count). The summed E-state index contributed by atoms with van der Waals surface area (Å²) >= 11 is 0. The quantitative estimate of drug-likeness (QED) is 0.689. The molecular weight excluding hydrogens is 216 g/mol. The van der Waals surface area contributed by atoms with Crippen molar-refractivity contribution in [3.63, 3.8) is 0 Å². The van der Waals surface area contributed by atoms with E-state index in [1.54, 1.807) is 12.5 Å². The first-order valence-electron chi connectivity index (χ1n) is 5.52. The van der Waals surface area contributed by atoms with Gasteiger partial charge in [0, 0.05) is 29.7 Å². The average molecular weight is 232 g/mol. The van der Waals surface area contributed by atoms with Gasteiger partial charge in [0.25, 0.3) is 0 Å². The molecule has 0 bridgehead atoms. The Morgan fingerprint density at radius 2 is 2.29 bits per heavy atom. The maximum Gasteiger partial charge on any atom is 0.123 e. The predicted octanol–water partition coefficient (Wildman–Crippen LogP) is 2.00. The van der Waals surface area contributed by atoms with Crippen LogP contribution >= 0.6 is 0 Å². The van der Waals surface area contributed by atoms with Crippen LogP contribution in [0.2, 0.25) is 0 Å². The zero-order valence-electron chi connectivity index (χ0n) is 9.73. The molecule has 0 saturated heterocycles. The van der Waals surface area contributed by atoms with Crippen molar-refractivity contribution >= 4 is 11.4 Å². The Hall–Kier alpha value is -2.17. The highest BCUT2D eigenvalue weighted by molar-refractivity contribution is 5.59. The third-order valence-corrected chi connectivity index (χ3v) is 2.28. The van der Waals surface area contributed by atoms with E-state index in [1.807, 2.05) is 25.1 Å². The molecule has 0 fully saturated rings. The first-order chi connectivity index (χ1) is 8.28. The number of nitrogens with zero attached hydrogens (tertiary/aromatic N) is 1. The third-order valence-electron chi connectivity index (χ3n) is 2.28. The van der Waals surface area contributed by atoms with Gasteiger partial charge < -0.3 is 20.8 Å². The Morgan fingerprint density at radius 1 is 1.41 bits per heavy atom. The van der Waals surface area contributed by atoms with Crippen LogP contribution in [0.25, 0.3) is 0 Å². The molecule has 0 aliphatic rings. The summed E-state index contributed by atoms with van der Waals surface area (Å²) in [7, 11) is 0. The van der Waals surface area contributed by atoms with Crippen LogP contribution in [0.3, 0.4) is 0 Å². The molecule has 2 aromatic rings. The minimum Gasteiger partial charge on any atom is -0.494 e. The Kier molecular flexibility index (Phi) is 3.49. The molecule has 0 spiro atoms. The predicted molar refractivity (Wildman–Crippen MR) is 67.9 cm³/mol. The summed E-state index contributed by atoms with van der Waals surface area (Å²) in [5.74, 6) is 0.777. The van der Waals surface area contributed by atoms with Crippen LogP contribution in [-0.2, 0) is 6.54 Å². The van der Waals surface area contributed by atoms with Crippen LogP contribution < -0.4 is 15.8 Å². The molecule has 0 atom stereocenters. The highest BCUT2D eigenvalue weighted by Crippen LogP contribution is 2.22. The molecule has 4 N–H and O–H groups in total. The highest BCUT2D eigenvalue weighted by atomic mass is 16.5. The Labute approximate surface area is 100 Å². The number of anilines is 2. The lowest BCUT2D eigenvalue weighted by molar-refractivity contribution is 0.340. The van der Waals surface area contributed by atoms with E-state index >= 15 is 0 Å². The molecule has 17 heavy (non-hydrogen) atoms. The summed E-state index contributed by atoms with van der Waals surface area (Å²) in [6, 6.07) is 5.61. The van der Waals surface area contributed by atoms with E-state index in [0.717, 1.165) is 17.1 Å². The fraction of sp³-hybridized carbons (Fsp3) is 0.250. The first kappa shape index (κ1) is 11.3. The molecule has 5 heteroatoms. The zero-order chi connectivity index (χ0) is 12.1. The van der Waals surface area contributed by atoms with Crippen molar-refractivity contribution in [2.75, 3.05) is 17.7 Å². The van der Waals surface area contributed by atoms with E-state index in [2.05, 4.69) is 15.3 Å². The maximum absolute atomic E-state index is 5.80. The summed E-state index contributed by atoms with van der Waals surface area (Å²) in [4.78, 5) is 6.98. The van der Waals surface area contributed by atoms with Gasteiger partial charge in [-0.3, -0.25) is 0 Å². The topological polar surface area (TPSA) is 76.0 Å². The summed E-state index contributed by atoms with van der Waals surface area (Å²) < 4.78 is 5.42. The maximum atomic E-state index is 5.80. The van der Waals surface area contributed by atoms with Crippen molar-refractivity contribution < 1.29 is 4.74 Å². The van der Waals surface area contributed by atoms with Gasteiger partial charge in [0.1, 0.15) is 5.75 Å². The van der Waals surface area contributed by atoms with Crippen LogP contribution in [0.1, 0.15) is 12.6 Å². The second-order valence-electron chi connectivity index (χ2n) is 3.65. The zero-order valence-corrected chi connectivity index (χ0v) is 9.73. The van der Waals surface area contributed by atoms with Crippen molar-refractivity contribution in [1.82, 2.24) is 9.97 Å². The van der Waals surface area contributed by atoms with Crippen LogP contribution in [0.5, 0.6) is 5.75 Å². The van der Waals surface area contributed by atoms with Crippen LogP contribution in [-0.4, -0.2) is 16.6 Å². The van der Waals surface area contributed by atoms with Crippen LogP contribution in [0, 0.1) is 0 Å². The van der Waals surface area contributed by atoms with E-state index in [1.165, 1.54) is 0 Å². The van der Waals surface area contributed by atoms with Gasteiger partial charge in [0.2, 0.25) is 0 Å². The second-order valence-corrected chi connectivity index (χ2v) is 3.65. The van der Waals surface area contributed by atoms with E-state index in [4.69, 9.17) is 10.5 Å². The van der Waals surface area contributed by atoms with Crippen LogP contribution in [0.15, 0.2) is 30.7 Å². The Balaban J connectivity index is 2.04. The summed E-state index contributed by atoms with van der Waals surface area (Å²) in [6.45, 7) is 3.25. The minimum absolute atomic E-state index is 0.628. The molecule has 1 aromatic carbocycles. The number of hydrogen-bond donors (Lipinski definition) is 3. The lowest BCUT2D eigenvalue weighted by Crippen LogP contribution is -2.01. The molecule has 0 unspecified atom stereocenters. The number of benzene rings is 1. The van der Waals surface area contributed by atoms with E-state index < -0.39 is 0 Å². The number of nitrogen functional groups attached to an aromatic ring is 1. The number of ether oxygens (including phenoxy) is 1. The normalized spacial score (nSPS) is 10.2. The Bertz CT molecular complexity index is 467. The van der Waals surface area contributed by atoms with Crippen molar-refractivity contribution in [2.45, 2.75) is 13.5 Å². The van der Waals surface area contributed by atoms with Gasteiger partial charge in [-0.1, -0.05) is 0 Å². The van der Waals surface area contributed by atoms with Gasteiger partial charge in [-0.2, -0.15) is 0 Å². The van der Waals surface area contributed by atoms with Gasteiger partial charge in [0.05, 0.1) is 25.2 Å². The van der Waals surface area contributed by atoms with Crippen molar-refractivity contribution in [2.24, 2.45) is 0 Å². The number of nitrogens with one attached hydrogen (secondary N) is 2. The van der Waals surface area contributed by atoms with Gasteiger partial charge >= 0.3 is 0 Å². The van der Waals surface area contributed by atoms with Crippen molar-refractivity contribution in [1.29, 1.82) is 0 Å². The molecule has 0 aliphatic carbocycles. The second kappa shape index (κ2) is 5.25. The number of H-pyrrole nitrogens is 1. The van der Waals surface area contributed by atoms with Crippen LogP contribution in [0.4, 0.5) is 11.4 Å². The number of imidazole rings is 1.